The molecule has 0 aliphatic carbocycles. The van der Waals surface area contributed by atoms with Gasteiger partial charge in [-0.05, 0) is 26.2 Å². The third kappa shape index (κ3) is 4.68. The Morgan fingerprint density at radius 1 is 1.67 bits per heavy atom. The van der Waals surface area contributed by atoms with Gasteiger partial charge < -0.3 is 15.3 Å². The standard InChI is InChI=1S/C15H25N3O2S/c1-3-13-9-17-14(21-13)6-7-16-15(20)18-8-4-5-12(10-18)11(2)19/h9,11-12,19H,3-8,10H2,1-2H3,(H,16,20). The Morgan fingerprint density at radius 3 is 3.14 bits per heavy atom. The maximum Gasteiger partial charge on any atom is 0.317 e. The third-order valence-corrected chi connectivity index (χ3v) is 5.19. The van der Waals surface area contributed by atoms with Crippen molar-refractivity contribution in [3.63, 3.8) is 0 Å². The summed E-state index contributed by atoms with van der Waals surface area (Å²) in [5.41, 5.74) is 0. The number of aryl methyl sites for hydroxylation is 1. The van der Waals surface area contributed by atoms with Gasteiger partial charge in [-0.1, -0.05) is 6.92 Å². The van der Waals surface area contributed by atoms with E-state index in [4.69, 9.17) is 0 Å². The van der Waals surface area contributed by atoms with Gasteiger partial charge in [-0.3, -0.25) is 0 Å². The van der Waals surface area contributed by atoms with E-state index in [2.05, 4.69) is 17.2 Å². The van der Waals surface area contributed by atoms with Crippen LogP contribution in [0.3, 0.4) is 0 Å². The van der Waals surface area contributed by atoms with Crippen molar-refractivity contribution in [3.8, 4) is 0 Å². The molecule has 118 valence electrons. The first-order chi connectivity index (χ1) is 10.1. The SMILES string of the molecule is CCc1cnc(CCNC(=O)N2CCCC(C(C)O)C2)s1. The lowest BCUT2D eigenvalue weighted by atomic mass is 9.94. The molecule has 2 N–H and O–H groups in total. The summed E-state index contributed by atoms with van der Waals surface area (Å²) in [5.74, 6) is 0.204. The van der Waals surface area contributed by atoms with Crippen molar-refractivity contribution in [3.05, 3.63) is 16.1 Å². The maximum atomic E-state index is 12.1. The number of urea groups is 1. The number of thiazole rings is 1. The van der Waals surface area contributed by atoms with Crippen LogP contribution < -0.4 is 5.32 Å². The predicted molar refractivity (Wildman–Crippen MR) is 84.6 cm³/mol. The van der Waals surface area contributed by atoms with Crippen LogP contribution in [-0.2, 0) is 12.8 Å². The Kier molecular flexibility index (Phi) is 5.99. The number of aliphatic hydroxyl groups is 1. The Bertz CT molecular complexity index is 462. The number of rotatable bonds is 5. The summed E-state index contributed by atoms with van der Waals surface area (Å²) in [6, 6.07) is -0.0207. The fourth-order valence-corrected chi connectivity index (χ4v) is 3.47. The number of nitrogens with zero attached hydrogens (tertiary/aromatic N) is 2. The zero-order valence-corrected chi connectivity index (χ0v) is 13.7. The molecule has 2 rings (SSSR count). The first kappa shape index (κ1) is 16.2. The Labute approximate surface area is 130 Å². The van der Waals surface area contributed by atoms with E-state index >= 15 is 0 Å². The fourth-order valence-electron chi connectivity index (χ4n) is 2.60. The van der Waals surface area contributed by atoms with Gasteiger partial charge in [0.05, 0.1) is 11.1 Å². The molecule has 0 saturated carbocycles. The van der Waals surface area contributed by atoms with Crippen LogP contribution in [0.5, 0.6) is 0 Å². The molecule has 1 aromatic rings. The van der Waals surface area contributed by atoms with Crippen molar-refractivity contribution in [1.82, 2.24) is 15.2 Å². The molecule has 0 radical (unpaired) electrons. The number of aromatic nitrogens is 1. The second-order valence-corrected chi connectivity index (χ2v) is 6.84. The van der Waals surface area contributed by atoms with Crippen LogP contribution in [0.15, 0.2) is 6.20 Å². The molecule has 6 heteroatoms. The number of carbonyl (C=O) groups is 1. The van der Waals surface area contributed by atoms with Gasteiger partial charge in [-0.25, -0.2) is 9.78 Å². The van der Waals surface area contributed by atoms with Gasteiger partial charge in [0.25, 0.3) is 0 Å². The van der Waals surface area contributed by atoms with Gasteiger partial charge in [0.15, 0.2) is 0 Å². The van der Waals surface area contributed by atoms with E-state index < -0.39 is 0 Å². The molecule has 5 nitrogen and oxygen atoms in total. The summed E-state index contributed by atoms with van der Waals surface area (Å²) in [7, 11) is 0. The van der Waals surface area contributed by atoms with E-state index in [9.17, 15) is 9.90 Å². The molecule has 0 aromatic carbocycles. The molecule has 21 heavy (non-hydrogen) atoms. The molecule has 1 aliphatic rings. The van der Waals surface area contributed by atoms with Crippen molar-refractivity contribution in [2.45, 2.75) is 45.6 Å². The Morgan fingerprint density at radius 2 is 2.48 bits per heavy atom. The van der Waals surface area contributed by atoms with Crippen LogP contribution in [0, 0.1) is 5.92 Å². The van der Waals surface area contributed by atoms with Crippen molar-refractivity contribution in [2.75, 3.05) is 19.6 Å². The molecule has 1 aliphatic heterocycles. The minimum absolute atomic E-state index is 0.0207. The normalized spacial score (nSPS) is 20.3. The van der Waals surface area contributed by atoms with E-state index in [0.717, 1.165) is 37.2 Å². The second kappa shape index (κ2) is 7.75. The monoisotopic (exact) mass is 311 g/mol. The smallest absolute Gasteiger partial charge is 0.317 e. The summed E-state index contributed by atoms with van der Waals surface area (Å²) >= 11 is 1.72. The quantitative estimate of drug-likeness (QED) is 0.874. The molecule has 1 fully saturated rings. The lowest BCUT2D eigenvalue weighted by Gasteiger charge is -2.34. The lowest BCUT2D eigenvalue weighted by molar-refractivity contribution is 0.0740. The number of aliphatic hydroxyl groups excluding tert-OH is 1. The van der Waals surface area contributed by atoms with Crippen LogP contribution in [0.2, 0.25) is 0 Å². The maximum absolute atomic E-state index is 12.1. The Hall–Kier alpha value is -1.14. The first-order valence-electron chi connectivity index (χ1n) is 7.74. The minimum atomic E-state index is -0.344. The molecular formula is C15H25N3O2S. The number of piperidine rings is 1. The van der Waals surface area contributed by atoms with Crippen molar-refractivity contribution in [1.29, 1.82) is 0 Å². The Balaban J connectivity index is 1.73. The van der Waals surface area contributed by atoms with E-state index in [1.165, 1.54) is 4.88 Å². The van der Waals surface area contributed by atoms with Gasteiger partial charge in [-0.15, -0.1) is 11.3 Å². The number of hydrogen-bond acceptors (Lipinski definition) is 4. The number of hydrogen-bond donors (Lipinski definition) is 2. The molecular weight excluding hydrogens is 286 g/mol. The summed E-state index contributed by atoms with van der Waals surface area (Å²) in [5, 5.41) is 13.7. The molecule has 2 heterocycles. The topological polar surface area (TPSA) is 65.5 Å². The third-order valence-electron chi connectivity index (χ3n) is 3.99. The average Bonchev–Trinajstić information content (AvgIpc) is 2.95. The highest BCUT2D eigenvalue weighted by Crippen LogP contribution is 2.19. The highest BCUT2D eigenvalue weighted by Gasteiger charge is 2.26. The summed E-state index contributed by atoms with van der Waals surface area (Å²) in [6.07, 6.45) is 5.33. The predicted octanol–water partition coefficient (Wildman–Crippen LogP) is 2.05. The van der Waals surface area contributed by atoms with Gasteiger partial charge in [0.1, 0.15) is 0 Å². The number of likely N-dealkylation sites (tertiary alicyclic amines) is 1. The van der Waals surface area contributed by atoms with Crippen molar-refractivity contribution < 1.29 is 9.90 Å². The summed E-state index contributed by atoms with van der Waals surface area (Å²) in [4.78, 5) is 19.6. The molecule has 0 bridgehead atoms. The van der Waals surface area contributed by atoms with Crippen LogP contribution in [0.25, 0.3) is 0 Å². The van der Waals surface area contributed by atoms with Gasteiger partial charge >= 0.3 is 6.03 Å². The molecule has 0 spiro atoms. The zero-order chi connectivity index (χ0) is 15.2. The number of amides is 2. The number of carbonyl (C=O) groups excluding carboxylic acids is 1. The van der Waals surface area contributed by atoms with Crippen LogP contribution in [0.4, 0.5) is 4.79 Å². The largest absolute Gasteiger partial charge is 0.393 e. The van der Waals surface area contributed by atoms with E-state index in [1.54, 1.807) is 18.3 Å². The minimum Gasteiger partial charge on any atom is -0.393 e. The highest BCUT2D eigenvalue weighted by molar-refractivity contribution is 7.11. The molecule has 2 atom stereocenters. The van der Waals surface area contributed by atoms with Crippen LogP contribution in [0.1, 0.15) is 36.6 Å². The van der Waals surface area contributed by atoms with Crippen LogP contribution >= 0.6 is 11.3 Å². The lowest BCUT2D eigenvalue weighted by Crippen LogP contribution is -2.47. The summed E-state index contributed by atoms with van der Waals surface area (Å²) < 4.78 is 0. The highest BCUT2D eigenvalue weighted by atomic mass is 32.1. The van der Waals surface area contributed by atoms with Gasteiger partial charge in [0, 0.05) is 43.0 Å². The molecule has 1 aromatic heterocycles. The van der Waals surface area contributed by atoms with Crippen LogP contribution in [-0.4, -0.2) is 46.8 Å². The first-order valence-corrected chi connectivity index (χ1v) is 8.56. The van der Waals surface area contributed by atoms with E-state index in [1.807, 2.05) is 11.1 Å². The zero-order valence-electron chi connectivity index (χ0n) is 12.8. The van der Waals surface area contributed by atoms with E-state index in [0.29, 0.717) is 13.1 Å². The van der Waals surface area contributed by atoms with Gasteiger partial charge in [-0.2, -0.15) is 0 Å². The second-order valence-electron chi connectivity index (χ2n) is 5.64. The number of nitrogens with one attached hydrogen (secondary N) is 1. The van der Waals surface area contributed by atoms with Crippen molar-refractivity contribution >= 4 is 17.4 Å². The van der Waals surface area contributed by atoms with Crippen molar-refractivity contribution in [2.24, 2.45) is 5.92 Å². The fraction of sp³-hybridized carbons (Fsp3) is 0.733. The van der Waals surface area contributed by atoms with Gasteiger partial charge in [0.2, 0.25) is 0 Å². The van der Waals surface area contributed by atoms with E-state index in [-0.39, 0.29) is 18.1 Å². The molecule has 2 unspecified atom stereocenters. The molecule has 1 saturated heterocycles. The average molecular weight is 311 g/mol. The summed E-state index contributed by atoms with van der Waals surface area (Å²) in [6.45, 7) is 5.98. The molecule has 2 amide bonds.